The molecule has 0 amide bonds. The van der Waals surface area contributed by atoms with Crippen molar-refractivity contribution >= 4 is 35.8 Å². The zero-order chi connectivity index (χ0) is 19.9. The van der Waals surface area contributed by atoms with Gasteiger partial charge in [0.1, 0.15) is 0 Å². The average molecular weight is 381 g/mol. The van der Waals surface area contributed by atoms with Gasteiger partial charge in [-0.15, -0.1) is 0 Å². The Kier molecular flexibility index (Phi) is 5.33. The minimum absolute atomic E-state index is 0.0421. The van der Waals surface area contributed by atoms with Crippen LogP contribution in [0.5, 0.6) is 0 Å². The molecule has 1 aliphatic rings. The van der Waals surface area contributed by atoms with Crippen LogP contribution in [0.15, 0.2) is 12.1 Å². The number of carbonyl (C=O) groups is 1. The number of rotatable bonds is 4. The van der Waals surface area contributed by atoms with E-state index in [1.165, 1.54) is 6.07 Å². The van der Waals surface area contributed by atoms with Crippen LogP contribution in [0.2, 0.25) is 5.02 Å². The number of esters is 1. The van der Waals surface area contributed by atoms with E-state index in [0.717, 1.165) is 13.2 Å². The highest BCUT2D eigenvalue weighted by Gasteiger charge is 2.52. The maximum Gasteiger partial charge on any atom is 0.496 e. The zero-order valence-electron chi connectivity index (χ0n) is 15.0. The van der Waals surface area contributed by atoms with E-state index in [0.29, 0.717) is 5.46 Å². The third-order valence-corrected chi connectivity index (χ3v) is 5.05. The van der Waals surface area contributed by atoms with Crippen LogP contribution in [0.3, 0.4) is 0 Å². The average Bonchev–Trinajstić information content (AvgIpc) is 2.76. The molecular formula is C16H18BClN2O6. The molecule has 0 N–H and O–H groups in total. The van der Waals surface area contributed by atoms with Gasteiger partial charge in [0.15, 0.2) is 5.92 Å². The van der Waals surface area contributed by atoms with E-state index >= 15 is 0 Å². The van der Waals surface area contributed by atoms with Crippen LogP contribution in [0.25, 0.3) is 0 Å². The predicted molar refractivity (Wildman–Crippen MR) is 94.2 cm³/mol. The molecule has 0 radical (unpaired) electrons. The fourth-order valence-electron chi connectivity index (χ4n) is 2.50. The second-order valence-electron chi connectivity index (χ2n) is 6.86. The van der Waals surface area contributed by atoms with Gasteiger partial charge < -0.3 is 14.0 Å². The number of hydrogen-bond acceptors (Lipinski definition) is 7. The van der Waals surface area contributed by atoms with Crippen molar-refractivity contribution in [2.45, 2.75) is 44.8 Å². The quantitative estimate of drug-likeness (QED) is 0.341. The highest BCUT2D eigenvalue weighted by atomic mass is 35.5. The molecule has 8 nitrogen and oxygen atoms in total. The number of carbonyl (C=O) groups excluding carboxylic acids is 1. The van der Waals surface area contributed by atoms with Crippen molar-refractivity contribution in [1.29, 1.82) is 5.26 Å². The number of nitro benzene ring substituents is 1. The van der Waals surface area contributed by atoms with Crippen molar-refractivity contribution in [2.75, 3.05) is 7.11 Å². The molecule has 1 aromatic carbocycles. The molecule has 2 rings (SSSR count). The van der Waals surface area contributed by atoms with Gasteiger partial charge in [-0.3, -0.25) is 14.9 Å². The largest absolute Gasteiger partial charge is 0.496 e. The molecule has 26 heavy (non-hydrogen) atoms. The Morgan fingerprint density at radius 2 is 1.88 bits per heavy atom. The number of nitrogens with zero attached hydrogens (tertiary/aromatic N) is 2. The van der Waals surface area contributed by atoms with Gasteiger partial charge in [0.05, 0.1) is 34.9 Å². The summed E-state index contributed by atoms with van der Waals surface area (Å²) in [6, 6.07) is 4.12. The molecule has 1 unspecified atom stereocenters. The molecule has 1 saturated heterocycles. The third-order valence-electron chi connectivity index (χ3n) is 4.73. The fraction of sp³-hybridized carbons (Fsp3) is 0.500. The summed E-state index contributed by atoms with van der Waals surface area (Å²) in [6.07, 6.45) is 0. The van der Waals surface area contributed by atoms with Crippen LogP contribution in [-0.4, -0.2) is 36.3 Å². The zero-order valence-corrected chi connectivity index (χ0v) is 15.8. The van der Waals surface area contributed by atoms with Gasteiger partial charge in [-0.25, -0.2) is 0 Å². The highest BCUT2D eigenvalue weighted by molar-refractivity contribution is 6.65. The molecular weight excluding hydrogens is 362 g/mol. The molecule has 1 fully saturated rings. The Morgan fingerprint density at radius 1 is 1.35 bits per heavy atom. The number of methoxy groups -OCH3 is 1. The molecule has 1 atom stereocenters. The molecule has 0 aliphatic carbocycles. The lowest BCUT2D eigenvalue weighted by molar-refractivity contribution is -0.385. The first kappa shape index (κ1) is 20.2. The highest BCUT2D eigenvalue weighted by Crippen LogP contribution is 2.38. The predicted octanol–water partition coefficient (Wildman–Crippen LogP) is 2.33. The first-order valence-electron chi connectivity index (χ1n) is 7.76. The van der Waals surface area contributed by atoms with Crippen LogP contribution in [-0.2, 0) is 18.8 Å². The monoisotopic (exact) mass is 380 g/mol. The summed E-state index contributed by atoms with van der Waals surface area (Å²) >= 11 is 6.21. The molecule has 10 heteroatoms. The summed E-state index contributed by atoms with van der Waals surface area (Å²) in [6.45, 7) is 7.39. The molecule has 0 aromatic heterocycles. The van der Waals surface area contributed by atoms with Crippen LogP contribution < -0.4 is 5.46 Å². The minimum Gasteiger partial charge on any atom is -0.468 e. The summed E-state index contributed by atoms with van der Waals surface area (Å²) in [7, 11) is 0.202. The van der Waals surface area contributed by atoms with Gasteiger partial charge >= 0.3 is 13.1 Å². The number of halogens is 1. The van der Waals surface area contributed by atoms with Gasteiger partial charge in [-0.05, 0) is 33.8 Å². The smallest absolute Gasteiger partial charge is 0.468 e. The Hall–Kier alpha value is -2.15. The van der Waals surface area contributed by atoms with E-state index in [2.05, 4.69) is 4.74 Å². The Labute approximate surface area is 156 Å². The van der Waals surface area contributed by atoms with Gasteiger partial charge in [-0.2, -0.15) is 5.26 Å². The second kappa shape index (κ2) is 6.87. The van der Waals surface area contributed by atoms with E-state index in [4.69, 9.17) is 20.9 Å². The molecule has 1 aliphatic heterocycles. The minimum atomic E-state index is -1.47. The van der Waals surface area contributed by atoms with Crippen LogP contribution in [0.4, 0.5) is 5.69 Å². The molecule has 0 saturated carbocycles. The number of hydrogen-bond donors (Lipinski definition) is 0. The molecule has 0 bridgehead atoms. The topological polar surface area (TPSA) is 112 Å². The van der Waals surface area contributed by atoms with Gasteiger partial charge in [0, 0.05) is 16.6 Å². The second-order valence-corrected chi connectivity index (χ2v) is 7.27. The summed E-state index contributed by atoms with van der Waals surface area (Å²) in [5.41, 5.74) is -1.58. The van der Waals surface area contributed by atoms with Crippen LogP contribution in [0.1, 0.15) is 39.2 Å². The Balaban J connectivity index is 2.60. The van der Waals surface area contributed by atoms with Crippen molar-refractivity contribution in [3.8, 4) is 6.07 Å². The molecule has 1 aromatic rings. The SMILES string of the molecule is COC(=O)C(C#N)c1cc(B2OC(C)(C)C(C)(C)O2)c(Cl)cc1[N+](=O)[O-]. The van der Waals surface area contributed by atoms with Crippen molar-refractivity contribution in [1.82, 2.24) is 0 Å². The lowest BCUT2D eigenvalue weighted by atomic mass is 9.77. The van der Waals surface area contributed by atoms with E-state index in [1.807, 2.05) is 27.7 Å². The first-order chi connectivity index (χ1) is 11.9. The van der Waals surface area contributed by atoms with E-state index in [-0.39, 0.29) is 10.6 Å². The Morgan fingerprint density at radius 3 is 2.31 bits per heavy atom. The summed E-state index contributed by atoms with van der Waals surface area (Å²) in [5.74, 6) is -2.38. The number of ether oxygens (including phenoxy) is 1. The van der Waals surface area contributed by atoms with Crippen LogP contribution >= 0.6 is 11.6 Å². The van der Waals surface area contributed by atoms with Gasteiger partial charge in [-0.1, -0.05) is 11.6 Å². The van der Waals surface area contributed by atoms with E-state index < -0.39 is 40.8 Å². The van der Waals surface area contributed by atoms with Crippen LogP contribution in [0, 0.1) is 21.4 Å². The number of nitro groups is 1. The molecule has 0 spiro atoms. The third kappa shape index (κ3) is 3.40. The standard InChI is InChI=1S/C16H18BClN2O6/c1-15(2)16(3,4)26-17(25-15)11-6-9(10(8-19)14(21)24-5)13(20(22)23)7-12(11)18/h6-7,10H,1-5H3. The summed E-state index contributed by atoms with van der Waals surface area (Å²) in [4.78, 5) is 22.5. The maximum atomic E-state index is 11.9. The lowest BCUT2D eigenvalue weighted by Gasteiger charge is -2.32. The first-order valence-corrected chi connectivity index (χ1v) is 8.13. The van der Waals surface area contributed by atoms with Crippen molar-refractivity contribution < 1.29 is 23.8 Å². The Bertz CT molecular complexity index is 789. The van der Waals surface area contributed by atoms with E-state index in [9.17, 15) is 20.2 Å². The maximum absolute atomic E-state index is 11.9. The van der Waals surface area contributed by atoms with Gasteiger partial charge in [0.2, 0.25) is 0 Å². The van der Waals surface area contributed by atoms with Crippen molar-refractivity contribution in [3.63, 3.8) is 0 Å². The summed E-state index contributed by atoms with van der Waals surface area (Å²) < 4.78 is 16.4. The fourth-order valence-corrected chi connectivity index (χ4v) is 2.75. The normalized spacial score (nSPS) is 18.9. The molecule has 1 heterocycles. The number of benzene rings is 1. The summed E-state index contributed by atoms with van der Waals surface area (Å²) in [5, 5.41) is 20.7. The van der Waals surface area contributed by atoms with E-state index in [1.54, 1.807) is 6.07 Å². The lowest BCUT2D eigenvalue weighted by Crippen LogP contribution is -2.41. The number of nitriles is 1. The van der Waals surface area contributed by atoms with Gasteiger partial charge in [0.25, 0.3) is 5.69 Å². The molecule has 138 valence electrons. The van der Waals surface area contributed by atoms with Crippen molar-refractivity contribution in [2.24, 2.45) is 0 Å². The van der Waals surface area contributed by atoms with Crippen molar-refractivity contribution in [3.05, 3.63) is 32.8 Å².